The minimum absolute atomic E-state index is 0.116. The largest absolute Gasteiger partial charge is 0.453 e. The minimum atomic E-state index is -0.116. The molecule has 0 saturated carbocycles. The lowest BCUT2D eigenvalue weighted by Crippen LogP contribution is -2.30. The number of hydrogen-bond donors (Lipinski definition) is 2. The van der Waals surface area contributed by atoms with E-state index in [0.717, 1.165) is 11.6 Å². The van der Waals surface area contributed by atoms with Gasteiger partial charge in [-0.15, -0.1) is 0 Å². The van der Waals surface area contributed by atoms with Gasteiger partial charge in [0, 0.05) is 13.5 Å². The fourth-order valence-electron chi connectivity index (χ4n) is 1.44. The van der Waals surface area contributed by atoms with Crippen LogP contribution >= 0.6 is 15.9 Å². The lowest BCUT2D eigenvalue weighted by Gasteiger charge is -2.12. The summed E-state index contributed by atoms with van der Waals surface area (Å²) in [4.78, 5) is 4.14. The highest BCUT2D eigenvalue weighted by Crippen LogP contribution is 2.22. The molecule has 1 unspecified atom stereocenters. The molecule has 7 heteroatoms. The van der Waals surface area contributed by atoms with E-state index in [0.29, 0.717) is 11.1 Å². The quantitative estimate of drug-likeness (QED) is 0.645. The molecular weight excluding hydrogens is 274 g/mol. The fourth-order valence-corrected chi connectivity index (χ4v) is 1.76. The molecule has 0 aromatic carbocycles. The Hall–Kier alpha value is -1.18. The van der Waals surface area contributed by atoms with E-state index in [1.807, 2.05) is 19.2 Å². The number of hydrogen-bond acceptors (Lipinski definition) is 5. The first-order chi connectivity index (χ1) is 7.70. The normalized spacial score (nSPS) is 12.9. The number of furan rings is 1. The Bertz CT molecular complexity index is 466. The van der Waals surface area contributed by atoms with Gasteiger partial charge in [0.15, 0.2) is 4.67 Å². The molecule has 16 heavy (non-hydrogen) atoms. The number of halogens is 1. The summed E-state index contributed by atoms with van der Waals surface area (Å²) in [5.74, 6) is 7.10. The highest BCUT2D eigenvalue weighted by molar-refractivity contribution is 9.10. The number of nitrogens with zero attached hydrogens (tertiary/aromatic N) is 3. The van der Waals surface area contributed by atoms with Crippen molar-refractivity contribution in [1.82, 2.24) is 20.2 Å². The van der Waals surface area contributed by atoms with Gasteiger partial charge in [0.2, 0.25) is 0 Å². The predicted molar refractivity (Wildman–Crippen MR) is 61.2 cm³/mol. The van der Waals surface area contributed by atoms with E-state index in [1.165, 1.54) is 6.33 Å². The van der Waals surface area contributed by atoms with Crippen molar-refractivity contribution >= 4 is 15.9 Å². The number of aryl methyl sites for hydroxylation is 1. The zero-order valence-corrected chi connectivity index (χ0v) is 10.3. The van der Waals surface area contributed by atoms with Gasteiger partial charge in [-0.1, -0.05) is 0 Å². The van der Waals surface area contributed by atoms with Crippen LogP contribution in [0.25, 0.3) is 0 Å². The van der Waals surface area contributed by atoms with Crippen molar-refractivity contribution in [3.05, 3.63) is 34.7 Å². The van der Waals surface area contributed by atoms with Crippen LogP contribution in [0.5, 0.6) is 0 Å². The van der Waals surface area contributed by atoms with E-state index in [-0.39, 0.29) is 6.04 Å². The molecule has 2 rings (SSSR count). The van der Waals surface area contributed by atoms with Crippen molar-refractivity contribution in [2.45, 2.75) is 12.5 Å². The standard InChI is InChI=1S/C9H12BrN5O/c1-15-9(12-5-13-15)4-6(14-11)7-2-3-8(10)16-7/h2-3,5-6,14H,4,11H2,1H3. The zero-order valence-electron chi connectivity index (χ0n) is 8.72. The SMILES string of the molecule is Cn1ncnc1CC(NN)c1ccc(Br)o1. The topological polar surface area (TPSA) is 81.9 Å². The molecule has 0 aliphatic heterocycles. The van der Waals surface area contributed by atoms with Gasteiger partial charge in [-0.3, -0.25) is 10.5 Å². The fraction of sp³-hybridized carbons (Fsp3) is 0.333. The Morgan fingerprint density at radius 3 is 2.94 bits per heavy atom. The Labute approximate surface area is 101 Å². The van der Waals surface area contributed by atoms with Gasteiger partial charge in [0.05, 0.1) is 6.04 Å². The van der Waals surface area contributed by atoms with Crippen LogP contribution in [0.15, 0.2) is 27.5 Å². The van der Waals surface area contributed by atoms with Gasteiger partial charge < -0.3 is 4.42 Å². The summed E-state index contributed by atoms with van der Waals surface area (Å²) in [6, 6.07) is 3.58. The molecule has 2 aromatic heterocycles. The molecule has 0 radical (unpaired) electrons. The van der Waals surface area contributed by atoms with Crippen LogP contribution in [0.3, 0.4) is 0 Å². The number of nitrogens with one attached hydrogen (secondary N) is 1. The summed E-state index contributed by atoms with van der Waals surface area (Å²) < 4.78 is 7.83. The molecule has 0 amide bonds. The maximum absolute atomic E-state index is 5.50. The summed E-state index contributed by atoms with van der Waals surface area (Å²) in [6.07, 6.45) is 2.13. The Balaban J connectivity index is 2.15. The Morgan fingerprint density at radius 1 is 1.62 bits per heavy atom. The van der Waals surface area contributed by atoms with Crippen LogP contribution in [0.1, 0.15) is 17.6 Å². The molecular formula is C9H12BrN5O. The smallest absolute Gasteiger partial charge is 0.169 e. The molecule has 3 N–H and O–H groups in total. The first-order valence-electron chi connectivity index (χ1n) is 4.75. The molecule has 0 bridgehead atoms. The summed E-state index contributed by atoms with van der Waals surface area (Å²) in [5.41, 5.74) is 2.70. The Morgan fingerprint density at radius 2 is 2.44 bits per heavy atom. The van der Waals surface area contributed by atoms with Crippen LogP contribution in [0.2, 0.25) is 0 Å². The Kier molecular flexibility index (Phi) is 3.37. The van der Waals surface area contributed by atoms with Crippen molar-refractivity contribution in [1.29, 1.82) is 0 Å². The molecule has 2 heterocycles. The van der Waals surface area contributed by atoms with E-state index in [1.54, 1.807) is 4.68 Å². The second kappa shape index (κ2) is 4.77. The number of nitrogens with two attached hydrogens (primary N) is 1. The third-order valence-corrected chi connectivity index (χ3v) is 2.76. The maximum atomic E-state index is 5.50. The average molecular weight is 286 g/mol. The van der Waals surface area contributed by atoms with Crippen LogP contribution in [-0.4, -0.2) is 14.8 Å². The number of hydrazine groups is 1. The van der Waals surface area contributed by atoms with Crippen LogP contribution < -0.4 is 11.3 Å². The molecule has 0 aliphatic rings. The summed E-state index contributed by atoms with van der Waals surface area (Å²) in [5, 5.41) is 4.00. The third kappa shape index (κ3) is 2.31. The van der Waals surface area contributed by atoms with Crippen molar-refractivity contribution in [2.24, 2.45) is 12.9 Å². The molecule has 6 nitrogen and oxygen atoms in total. The van der Waals surface area contributed by atoms with Gasteiger partial charge in [0.25, 0.3) is 0 Å². The van der Waals surface area contributed by atoms with Gasteiger partial charge in [0.1, 0.15) is 17.9 Å². The number of aromatic nitrogens is 3. The van der Waals surface area contributed by atoms with Crippen molar-refractivity contribution in [3.8, 4) is 0 Å². The van der Waals surface area contributed by atoms with Gasteiger partial charge in [-0.25, -0.2) is 10.4 Å². The monoisotopic (exact) mass is 285 g/mol. The molecule has 0 fully saturated rings. The zero-order chi connectivity index (χ0) is 11.5. The van der Waals surface area contributed by atoms with E-state index < -0.39 is 0 Å². The molecule has 0 saturated heterocycles. The van der Waals surface area contributed by atoms with Gasteiger partial charge >= 0.3 is 0 Å². The molecule has 2 aromatic rings. The molecule has 1 atom stereocenters. The van der Waals surface area contributed by atoms with E-state index in [4.69, 9.17) is 10.3 Å². The summed E-state index contributed by atoms with van der Waals surface area (Å²) in [7, 11) is 1.84. The maximum Gasteiger partial charge on any atom is 0.169 e. The van der Waals surface area contributed by atoms with E-state index >= 15 is 0 Å². The lowest BCUT2D eigenvalue weighted by atomic mass is 10.1. The second-order valence-electron chi connectivity index (χ2n) is 3.37. The highest BCUT2D eigenvalue weighted by Gasteiger charge is 2.16. The molecule has 0 aliphatic carbocycles. The predicted octanol–water partition coefficient (Wildman–Crippen LogP) is 0.918. The first kappa shape index (κ1) is 11.3. The first-order valence-corrected chi connectivity index (χ1v) is 5.54. The van der Waals surface area contributed by atoms with Gasteiger partial charge in [-0.05, 0) is 28.1 Å². The second-order valence-corrected chi connectivity index (χ2v) is 4.15. The van der Waals surface area contributed by atoms with Crippen molar-refractivity contribution in [2.75, 3.05) is 0 Å². The van der Waals surface area contributed by atoms with Crippen molar-refractivity contribution < 1.29 is 4.42 Å². The molecule has 0 spiro atoms. The van der Waals surface area contributed by atoms with Crippen molar-refractivity contribution in [3.63, 3.8) is 0 Å². The average Bonchev–Trinajstić information content (AvgIpc) is 2.85. The third-order valence-electron chi connectivity index (χ3n) is 2.33. The van der Waals surface area contributed by atoms with Crippen LogP contribution in [0.4, 0.5) is 0 Å². The van der Waals surface area contributed by atoms with Crippen LogP contribution in [0, 0.1) is 0 Å². The lowest BCUT2D eigenvalue weighted by molar-refractivity contribution is 0.397. The van der Waals surface area contributed by atoms with Crippen LogP contribution in [-0.2, 0) is 13.5 Å². The van der Waals surface area contributed by atoms with Gasteiger partial charge in [-0.2, -0.15) is 5.10 Å². The number of rotatable bonds is 4. The summed E-state index contributed by atoms with van der Waals surface area (Å²) in [6.45, 7) is 0. The molecule has 86 valence electrons. The van der Waals surface area contributed by atoms with E-state index in [9.17, 15) is 0 Å². The minimum Gasteiger partial charge on any atom is -0.453 e. The van der Waals surface area contributed by atoms with E-state index in [2.05, 4.69) is 31.4 Å². The summed E-state index contributed by atoms with van der Waals surface area (Å²) >= 11 is 3.25. The highest BCUT2D eigenvalue weighted by atomic mass is 79.9.